The monoisotopic (exact) mass is 353 g/mol. The van der Waals surface area contributed by atoms with Gasteiger partial charge < -0.3 is 4.74 Å². The summed E-state index contributed by atoms with van der Waals surface area (Å²) < 4.78 is 8.57. The number of nitrogens with zero attached hydrogens (tertiary/aromatic N) is 3. The van der Waals surface area contributed by atoms with E-state index < -0.39 is 0 Å². The quantitative estimate of drug-likeness (QED) is 0.737. The Kier molecular flexibility index (Phi) is 2.41. The van der Waals surface area contributed by atoms with Crippen LogP contribution in [0.5, 0.6) is 5.88 Å². The topological polar surface area (TPSA) is 39.4 Å². The number of fused-ring (bicyclic) bond motifs is 1. The smallest absolute Gasteiger partial charge is 0.248 e. The van der Waals surface area contributed by atoms with Gasteiger partial charge in [0.1, 0.15) is 3.57 Å². The van der Waals surface area contributed by atoms with Crippen molar-refractivity contribution in [3.8, 4) is 5.88 Å². The van der Waals surface area contributed by atoms with E-state index in [2.05, 4.69) is 48.6 Å². The summed E-state index contributed by atoms with van der Waals surface area (Å²) in [7, 11) is 1.60. The second-order valence-electron chi connectivity index (χ2n) is 2.36. The lowest BCUT2D eigenvalue weighted by Gasteiger charge is -1.91. The highest BCUT2D eigenvalue weighted by atomic mass is 127. The zero-order chi connectivity index (χ0) is 9.42. The zero-order valence-corrected chi connectivity index (χ0v) is 10.4. The van der Waals surface area contributed by atoms with Crippen molar-refractivity contribution in [2.75, 3.05) is 7.11 Å². The Balaban J connectivity index is 2.76. The third-order valence-corrected chi connectivity index (χ3v) is 2.90. The van der Waals surface area contributed by atoms with Crippen molar-refractivity contribution in [1.29, 1.82) is 0 Å². The molecule has 0 unspecified atom stereocenters. The molecule has 0 fully saturated rings. The number of methoxy groups -OCH3 is 1. The Bertz CT molecular complexity index is 456. The Morgan fingerprint density at radius 2 is 2.38 bits per heavy atom. The second kappa shape index (κ2) is 3.41. The number of ether oxygens (including phenoxy) is 1. The highest BCUT2D eigenvalue weighted by molar-refractivity contribution is 14.1. The first kappa shape index (κ1) is 9.20. The fourth-order valence-corrected chi connectivity index (χ4v) is 2.01. The average molecular weight is 354 g/mol. The van der Waals surface area contributed by atoms with Gasteiger partial charge in [0, 0.05) is 12.4 Å². The molecular formula is C7H5BrIN3O. The molecule has 0 saturated carbocycles. The molecule has 2 aromatic heterocycles. The third-order valence-electron chi connectivity index (χ3n) is 1.55. The first-order valence-electron chi connectivity index (χ1n) is 3.45. The van der Waals surface area contributed by atoms with Crippen LogP contribution in [-0.2, 0) is 0 Å². The van der Waals surface area contributed by atoms with Gasteiger partial charge in [-0.05, 0) is 38.5 Å². The number of hydrogen-bond donors (Lipinski definition) is 0. The molecule has 2 aromatic rings. The lowest BCUT2D eigenvalue weighted by Crippen LogP contribution is -1.89. The van der Waals surface area contributed by atoms with Crippen LogP contribution in [0.2, 0.25) is 0 Å². The summed E-state index contributed by atoms with van der Waals surface area (Å²) in [5.74, 6) is 0.603. The van der Waals surface area contributed by atoms with Crippen molar-refractivity contribution in [2.24, 2.45) is 0 Å². The van der Waals surface area contributed by atoms with E-state index in [9.17, 15) is 0 Å². The summed E-state index contributed by atoms with van der Waals surface area (Å²) in [6.45, 7) is 0. The number of rotatable bonds is 1. The summed E-state index contributed by atoms with van der Waals surface area (Å²) in [6, 6.07) is 0. The van der Waals surface area contributed by atoms with Gasteiger partial charge in [-0.1, -0.05) is 0 Å². The number of aromatic nitrogens is 3. The van der Waals surface area contributed by atoms with Crippen LogP contribution in [-0.4, -0.2) is 21.7 Å². The number of halogens is 2. The molecule has 4 nitrogen and oxygen atoms in total. The predicted molar refractivity (Wildman–Crippen MR) is 60.0 cm³/mol. The largest absolute Gasteiger partial charge is 0.479 e. The minimum absolute atomic E-state index is 0.603. The lowest BCUT2D eigenvalue weighted by molar-refractivity contribution is 0.392. The molecule has 2 rings (SSSR count). The van der Waals surface area contributed by atoms with Crippen LogP contribution in [0.1, 0.15) is 0 Å². The maximum atomic E-state index is 5.08. The molecule has 0 radical (unpaired) electrons. The highest BCUT2D eigenvalue weighted by Gasteiger charge is 2.10. The normalized spacial score (nSPS) is 10.7. The SMILES string of the molecule is COc1nn2cc(Br)cnc2c1I. The van der Waals surface area contributed by atoms with Crippen molar-refractivity contribution >= 4 is 44.2 Å². The van der Waals surface area contributed by atoms with Crippen LogP contribution in [0.25, 0.3) is 5.65 Å². The molecule has 0 N–H and O–H groups in total. The van der Waals surface area contributed by atoms with Crippen molar-refractivity contribution in [3.63, 3.8) is 0 Å². The van der Waals surface area contributed by atoms with E-state index in [-0.39, 0.29) is 0 Å². The molecule has 0 spiro atoms. The van der Waals surface area contributed by atoms with Gasteiger partial charge in [-0.2, -0.15) is 0 Å². The summed E-state index contributed by atoms with van der Waals surface area (Å²) in [5.41, 5.74) is 0.806. The fourth-order valence-electron chi connectivity index (χ4n) is 0.995. The Hall–Kier alpha value is -0.370. The van der Waals surface area contributed by atoms with Gasteiger partial charge in [0.2, 0.25) is 5.88 Å². The molecule has 13 heavy (non-hydrogen) atoms. The first-order valence-corrected chi connectivity index (χ1v) is 5.33. The number of hydrogen-bond acceptors (Lipinski definition) is 3. The maximum Gasteiger partial charge on any atom is 0.248 e. The lowest BCUT2D eigenvalue weighted by atomic mass is 10.6. The minimum atomic E-state index is 0.603. The van der Waals surface area contributed by atoms with Crippen LogP contribution < -0.4 is 4.74 Å². The van der Waals surface area contributed by atoms with Crippen LogP contribution in [0.15, 0.2) is 16.9 Å². The average Bonchev–Trinajstić information content (AvgIpc) is 2.42. The first-order chi connectivity index (χ1) is 6.22. The molecule has 68 valence electrons. The van der Waals surface area contributed by atoms with Gasteiger partial charge >= 0.3 is 0 Å². The summed E-state index contributed by atoms with van der Waals surface area (Å²) >= 11 is 5.48. The van der Waals surface area contributed by atoms with E-state index >= 15 is 0 Å². The van der Waals surface area contributed by atoms with Gasteiger partial charge in [-0.3, -0.25) is 0 Å². The molecule has 0 amide bonds. The minimum Gasteiger partial charge on any atom is -0.479 e. The van der Waals surface area contributed by atoms with Gasteiger partial charge in [0.25, 0.3) is 0 Å². The molecule has 0 bridgehead atoms. The van der Waals surface area contributed by atoms with Gasteiger partial charge in [0.05, 0.1) is 11.6 Å². The molecule has 0 aromatic carbocycles. The van der Waals surface area contributed by atoms with Crippen molar-refractivity contribution in [2.45, 2.75) is 0 Å². The molecule has 0 aliphatic heterocycles. The van der Waals surface area contributed by atoms with Crippen LogP contribution >= 0.6 is 38.5 Å². The molecule has 6 heteroatoms. The zero-order valence-electron chi connectivity index (χ0n) is 6.66. The van der Waals surface area contributed by atoms with Crippen LogP contribution in [0.4, 0.5) is 0 Å². The van der Waals surface area contributed by atoms with E-state index in [1.807, 2.05) is 6.20 Å². The van der Waals surface area contributed by atoms with Gasteiger partial charge in [0.15, 0.2) is 5.65 Å². The molecule has 0 aliphatic carbocycles. The molecule has 0 atom stereocenters. The standard InChI is InChI=1S/C7H5BrIN3O/c1-13-7-5(9)6-10-2-4(8)3-12(6)11-7/h2-3H,1H3. The molecule has 0 saturated heterocycles. The predicted octanol–water partition coefficient (Wildman–Crippen LogP) is 2.10. The van der Waals surface area contributed by atoms with E-state index in [0.29, 0.717) is 5.88 Å². The summed E-state index contributed by atoms with van der Waals surface area (Å²) in [5, 5.41) is 4.19. The highest BCUT2D eigenvalue weighted by Crippen LogP contribution is 2.23. The van der Waals surface area contributed by atoms with Gasteiger partial charge in [-0.25, -0.2) is 9.50 Å². The van der Waals surface area contributed by atoms with E-state index in [0.717, 1.165) is 13.7 Å². The molecular weight excluding hydrogens is 349 g/mol. The van der Waals surface area contributed by atoms with Crippen molar-refractivity contribution in [3.05, 3.63) is 20.4 Å². The van der Waals surface area contributed by atoms with Crippen molar-refractivity contribution < 1.29 is 4.74 Å². The molecule has 2 heterocycles. The van der Waals surface area contributed by atoms with E-state index in [1.54, 1.807) is 17.8 Å². The van der Waals surface area contributed by atoms with E-state index in [4.69, 9.17) is 4.74 Å². The Morgan fingerprint density at radius 1 is 1.62 bits per heavy atom. The summed E-state index contributed by atoms with van der Waals surface area (Å²) in [6.07, 6.45) is 3.58. The fraction of sp³-hybridized carbons (Fsp3) is 0.143. The summed E-state index contributed by atoms with van der Waals surface area (Å²) in [4.78, 5) is 4.21. The van der Waals surface area contributed by atoms with Crippen molar-refractivity contribution in [1.82, 2.24) is 14.6 Å². The van der Waals surface area contributed by atoms with Crippen LogP contribution in [0, 0.1) is 3.57 Å². The van der Waals surface area contributed by atoms with E-state index in [1.165, 1.54) is 0 Å². The van der Waals surface area contributed by atoms with Gasteiger partial charge in [-0.15, -0.1) is 5.10 Å². The Morgan fingerprint density at radius 3 is 3.08 bits per heavy atom. The maximum absolute atomic E-state index is 5.08. The third kappa shape index (κ3) is 1.52. The van der Waals surface area contributed by atoms with Crippen LogP contribution in [0.3, 0.4) is 0 Å². The molecule has 0 aliphatic rings. The second-order valence-corrected chi connectivity index (χ2v) is 4.36. The Labute approximate surface area is 96.6 Å².